The number of halogens is 1. The average Bonchev–Trinajstić information content (AvgIpc) is 3.05. The van der Waals surface area contributed by atoms with Gasteiger partial charge in [0.1, 0.15) is 11.6 Å². The van der Waals surface area contributed by atoms with Crippen molar-refractivity contribution in [2.75, 3.05) is 39.4 Å². The molecule has 8 nitrogen and oxygen atoms in total. The SMILES string of the molecule is Cc1nnc(CNC(=NCc2cccc(F)c2)NCCCN2CCOCC2)n1C. The van der Waals surface area contributed by atoms with Gasteiger partial charge in [0.2, 0.25) is 0 Å². The molecular formula is C20H30FN7O. The van der Waals surface area contributed by atoms with Gasteiger partial charge in [0.15, 0.2) is 11.8 Å². The van der Waals surface area contributed by atoms with E-state index in [2.05, 4.69) is 30.7 Å². The molecule has 0 amide bonds. The molecule has 9 heteroatoms. The van der Waals surface area contributed by atoms with Gasteiger partial charge in [0.05, 0.1) is 26.3 Å². The third-order valence-electron chi connectivity index (χ3n) is 4.95. The first-order valence-electron chi connectivity index (χ1n) is 10.0. The average molecular weight is 404 g/mol. The summed E-state index contributed by atoms with van der Waals surface area (Å²) in [7, 11) is 1.94. The normalized spacial score (nSPS) is 15.5. The maximum atomic E-state index is 13.4. The summed E-state index contributed by atoms with van der Waals surface area (Å²) in [4.78, 5) is 7.01. The van der Waals surface area contributed by atoms with Gasteiger partial charge in [-0.05, 0) is 37.6 Å². The predicted molar refractivity (Wildman–Crippen MR) is 110 cm³/mol. The molecule has 2 aromatic rings. The Labute approximate surface area is 171 Å². The summed E-state index contributed by atoms with van der Waals surface area (Å²) in [6, 6.07) is 6.51. The molecule has 158 valence electrons. The van der Waals surface area contributed by atoms with Crippen molar-refractivity contribution in [2.24, 2.45) is 12.0 Å². The van der Waals surface area contributed by atoms with E-state index in [-0.39, 0.29) is 5.82 Å². The Kier molecular flexibility index (Phi) is 7.94. The van der Waals surface area contributed by atoms with Crippen LogP contribution in [0.1, 0.15) is 23.6 Å². The molecule has 1 fully saturated rings. The second-order valence-corrected chi connectivity index (χ2v) is 7.11. The van der Waals surface area contributed by atoms with E-state index in [1.165, 1.54) is 12.1 Å². The third kappa shape index (κ3) is 6.79. The molecule has 1 aliphatic heterocycles. The minimum atomic E-state index is -0.250. The Morgan fingerprint density at radius 3 is 2.79 bits per heavy atom. The molecular weight excluding hydrogens is 373 g/mol. The lowest BCUT2D eigenvalue weighted by atomic mass is 10.2. The van der Waals surface area contributed by atoms with Crippen molar-refractivity contribution in [3.63, 3.8) is 0 Å². The van der Waals surface area contributed by atoms with Crippen molar-refractivity contribution in [2.45, 2.75) is 26.4 Å². The van der Waals surface area contributed by atoms with Gasteiger partial charge in [-0.1, -0.05) is 12.1 Å². The number of aromatic nitrogens is 3. The van der Waals surface area contributed by atoms with E-state index in [1.807, 2.05) is 24.6 Å². The standard InChI is InChI=1S/C20H30FN7O/c1-16-25-26-19(27(16)2)15-24-20(23-14-17-5-3-6-18(21)13-17)22-7-4-8-28-9-11-29-12-10-28/h3,5-6,13H,4,7-12,14-15H2,1-2H3,(H2,22,23,24). The number of ether oxygens (including phenoxy) is 1. The molecule has 0 radical (unpaired) electrons. The van der Waals surface area contributed by atoms with Gasteiger partial charge in [0.25, 0.3) is 0 Å². The van der Waals surface area contributed by atoms with Gasteiger partial charge in [0, 0.05) is 26.7 Å². The van der Waals surface area contributed by atoms with Crippen LogP contribution in [-0.4, -0.2) is 65.0 Å². The maximum Gasteiger partial charge on any atom is 0.191 e. The summed E-state index contributed by atoms with van der Waals surface area (Å²) in [6.45, 7) is 8.25. The van der Waals surface area contributed by atoms with Crippen LogP contribution in [0.4, 0.5) is 4.39 Å². The number of guanidine groups is 1. The monoisotopic (exact) mass is 403 g/mol. The van der Waals surface area contributed by atoms with Gasteiger partial charge in [-0.3, -0.25) is 4.90 Å². The van der Waals surface area contributed by atoms with E-state index in [0.29, 0.717) is 19.0 Å². The molecule has 0 saturated carbocycles. The predicted octanol–water partition coefficient (Wildman–Crippen LogP) is 1.22. The van der Waals surface area contributed by atoms with E-state index in [0.717, 1.165) is 63.0 Å². The summed E-state index contributed by atoms with van der Waals surface area (Å²) in [6.07, 6.45) is 1.00. The van der Waals surface area contributed by atoms with Gasteiger partial charge in [-0.2, -0.15) is 0 Å². The molecule has 1 aromatic heterocycles. The van der Waals surface area contributed by atoms with Crippen molar-refractivity contribution in [1.29, 1.82) is 0 Å². The largest absolute Gasteiger partial charge is 0.379 e. The number of nitrogens with one attached hydrogen (secondary N) is 2. The molecule has 0 bridgehead atoms. The molecule has 2 heterocycles. The van der Waals surface area contributed by atoms with E-state index in [1.54, 1.807) is 6.07 Å². The van der Waals surface area contributed by atoms with E-state index >= 15 is 0 Å². The van der Waals surface area contributed by atoms with Crippen LogP contribution in [0.2, 0.25) is 0 Å². The molecule has 1 aliphatic rings. The number of aryl methyl sites for hydroxylation is 1. The molecule has 0 aliphatic carbocycles. The first-order valence-corrected chi connectivity index (χ1v) is 10.0. The molecule has 29 heavy (non-hydrogen) atoms. The highest BCUT2D eigenvalue weighted by molar-refractivity contribution is 5.79. The summed E-state index contributed by atoms with van der Waals surface area (Å²) >= 11 is 0. The Balaban J connectivity index is 1.54. The molecule has 0 spiro atoms. The van der Waals surface area contributed by atoms with Crippen LogP contribution in [-0.2, 0) is 24.9 Å². The zero-order chi connectivity index (χ0) is 20.5. The minimum absolute atomic E-state index is 0.250. The Hall–Kier alpha value is -2.52. The topological polar surface area (TPSA) is 79.6 Å². The van der Waals surface area contributed by atoms with Crippen LogP contribution >= 0.6 is 0 Å². The van der Waals surface area contributed by atoms with Gasteiger partial charge in [-0.25, -0.2) is 9.38 Å². The van der Waals surface area contributed by atoms with Crippen LogP contribution in [0.25, 0.3) is 0 Å². The zero-order valence-corrected chi connectivity index (χ0v) is 17.2. The number of morpholine rings is 1. The molecule has 0 atom stereocenters. The summed E-state index contributed by atoms with van der Waals surface area (Å²) in [5, 5.41) is 14.9. The lowest BCUT2D eigenvalue weighted by Crippen LogP contribution is -2.40. The Morgan fingerprint density at radius 2 is 2.07 bits per heavy atom. The van der Waals surface area contributed by atoms with Crippen LogP contribution in [0.3, 0.4) is 0 Å². The van der Waals surface area contributed by atoms with Gasteiger partial charge >= 0.3 is 0 Å². The number of aliphatic imine (C=N–C) groups is 1. The quantitative estimate of drug-likeness (QED) is 0.392. The Morgan fingerprint density at radius 1 is 1.24 bits per heavy atom. The Bertz CT molecular complexity index is 802. The smallest absolute Gasteiger partial charge is 0.191 e. The van der Waals surface area contributed by atoms with Crippen molar-refractivity contribution in [1.82, 2.24) is 30.3 Å². The molecule has 3 rings (SSSR count). The maximum absolute atomic E-state index is 13.4. The second kappa shape index (κ2) is 10.9. The fraction of sp³-hybridized carbons (Fsp3) is 0.550. The summed E-state index contributed by atoms with van der Waals surface area (Å²) < 4.78 is 20.7. The van der Waals surface area contributed by atoms with Gasteiger partial charge < -0.3 is 19.9 Å². The lowest BCUT2D eigenvalue weighted by Gasteiger charge is -2.26. The first-order chi connectivity index (χ1) is 14.1. The highest BCUT2D eigenvalue weighted by Crippen LogP contribution is 2.05. The van der Waals surface area contributed by atoms with Crippen LogP contribution in [0.15, 0.2) is 29.3 Å². The second-order valence-electron chi connectivity index (χ2n) is 7.11. The van der Waals surface area contributed by atoms with Gasteiger partial charge in [-0.15, -0.1) is 10.2 Å². The van der Waals surface area contributed by atoms with Crippen molar-refractivity contribution in [3.05, 3.63) is 47.3 Å². The van der Waals surface area contributed by atoms with E-state index in [9.17, 15) is 4.39 Å². The first kappa shape index (κ1) is 21.2. The summed E-state index contributed by atoms with van der Waals surface area (Å²) in [5.74, 6) is 2.12. The van der Waals surface area contributed by atoms with Crippen molar-refractivity contribution < 1.29 is 9.13 Å². The molecule has 2 N–H and O–H groups in total. The fourth-order valence-corrected chi connectivity index (χ4v) is 3.08. The third-order valence-corrected chi connectivity index (χ3v) is 4.95. The number of hydrogen-bond acceptors (Lipinski definition) is 5. The fourth-order valence-electron chi connectivity index (χ4n) is 3.08. The van der Waals surface area contributed by atoms with Crippen LogP contribution in [0, 0.1) is 12.7 Å². The lowest BCUT2D eigenvalue weighted by molar-refractivity contribution is 0.0376. The van der Waals surface area contributed by atoms with E-state index in [4.69, 9.17) is 4.74 Å². The highest BCUT2D eigenvalue weighted by Gasteiger charge is 2.10. The number of hydrogen-bond donors (Lipinski definition) is 2. The van der Waals surface area contributed by atoms with E-state index < -0.39 is 0 Å². The summed E-state index contributed by atoms with van der Waals surface area (Å²) in [5.41, 5.74) is 0.828. The highest BCUT2D eigenvalue weighted by atomic mass is 19.1. The number of rotatable bonds is 8. The van der Waals surface area contributed by atoms with Crippen molar-refractivity contribution >= 4 is 5.96 Å². The number of nitrogens with zero attached hydrogens (tertiary/aromatic N) is 5. The molecule has 1 saturated heterocycles. The van der Waals surface area contributed by atoms with Crippen LogP contribution < -0.4 is 10.6 Å². The van der Waals surface area contributed by atoms with Crippen molar-refractivity contribution in [3.8, 4) is 0 Å². The minimum Gasteiger partial charge on any atom is -0.379 e. The zero-order valence-electron chi connectivity index (χ0n) is 17.2. The van der Waals surface area contributed by atoms with Crippen LogP contribution in [0.5, 0.6) is 0 Å². The number of benzene rings is 1. The molecule has 1 aromatic carbocycles. The molecule has 0 unspecified atom stereocenters.